The van der Waals surface area contributed by atoms with Crippen molar-refractivity contribution in [2.75, 3.05) is 13.2 Å². The first-order chi connectivity index (χ1) is 13.4. The summed E-state index contributed by atoms with van der Waals surface area (Å²) >= 11 is 3.50. The fraction of sp³-hybridized carbons (Fsp3) is 0.273. The molecule has 28 heavy (non-hydrogen) atoms. The fourth-order valence-corrected chi connectivity index (χ4v) is 4.41. The van der Waals surface area contributed by atoms with Gasteiger partial charge in [0.25, 0.3) is 0 Å². The lowest BCUT2D eigenvalue weighted by atomic mass is 9.71. The third-order valence-corrected chi connectivity index (χ3v) is 6.19. The summed E-state index contributed by atoms with van der Waals surface area (Å²) in [5.41, 5.74) is 3.89. The average Bonchev–Trinajstić information content (AvgIpc) is 3.09. The van der Waals surface area contributed by atoms with Crippen LogP contribution in [0.15, 0.2) is 34.8 Å². The molecule has 1 aromatic heterocycles. The predicted octanol–water partition coefficient (Wildman–Crippen LogP) is 4.43. The molecule has 1 heterocycles. The number of aliphatic hydroxyl groups is 1. The van der Waals surface area contributed by atoms with Crippen molar-refractivity contribution in [2.45, 2.75) is 25.7 Å². The van der Waals surface area contributed by atoms with Gasteiger partial charge in [-0.1, -0.05) is 19.9 Å². The van der Waals surface area contributed by atoms with Crippen molar-refractivity contribution in [2.24, 2.45) is 0 Å². The van der Waals surface area contributed by atoms with Gasteiger partial charge in [-0.15, -0.1) is 0 Å². The smallest absolute Gasteiger partial charge is 0.195 e. The van der Waals surface area contributed by atoms with Crippen molar-refractivity contribution in [3.05, 3.63) is 62.8 Å². The molecule has 0 bridgehead atoms. The zero-order chi connectivity index (χ0) is 20.1. The zero-order valence-corrected chi connectivity index (χ0v) is 17.2. The van der Waals surface area contributed by atoms with E-state index in [9.17, 15) is 10.1 Å². The third kappa shape index (κ3) is 2.66. The van der Waals surface area contributed by atoms with E-state index in [1.807, 2.05) is 18.2 Å². The maximum atomic E-state index is 13.3. The first kappa shape index (κ1) is 18.7. The highest BCUT2D eigenvalue weighted by atomic mass is 79.9. The molecule has 1 aliphatic carbocycles. The summed E-state index contributed by atoms with van der Waals surface area (Å²) in [6.07, 6.45) is 0.556. The maximum Gasteiger partial charge on any atom is 0.195 e. The van der Waals surface area contributed by atoms with Gasteiger partial charge in [-0.05, 0) is 45.8 Å². The molecule has 2 aromatic carbocycles. The molecule has 0 atom stereocenters. The number of fused-ring (bicyclic) bond motifs is 4. The van der Waals surface area contributed by atoms with Gasteiger partial charge >= 0.3 is 0 Å². The second-order valence-electron chi connectivity index (χ2n) is 7.42. The van der Waals surface area contributed by atoms with Gasteiger partial charge in [-0.3, -0.25) is 4.79 Å². The lowest BCUT2D eigenvalue weighted by Gasteiger charge is -2.32. The Morgan fingerprint density at radius 3 is 2.79 bits per heavy atom. The molecule has 3 aromatic rings. The van der Waals surface area contributed by atoms with Crippen LogP contribution in [-0.4, -0.2) is 29.1 Å². The van der Waals surface area contributed by atoms with Gasteiger partial charge in [-0.25, -0.2) is 0 Å². The molecule has 2 N–H and O–H groups in total. The van der Waals surface area contributed by atoms with E-state index >= 15 is 0 Å². The summed E-state index contributed by atoms with van der Waals surface area (Å²) in [4.78, 5) is 16.7. The number of nitriles is 1. The van der Waals surface area contributed by atoms with E-state index in [1.54, 1.807) is 12.1 Å². The van der Waals surface area contributed by atoms with E-state index in [4.69, 9.17) is 9.84 Å². The molecular weight excluding hydrogens is 420 g/mol. The highest BCUT2D eigenvalue weighted by Gasteiger charge is 2.40. The Morgan fingerprint density at radius 1 is 1.29 bits per heavy atom. The second kappa shape index (κ2) is 6.77. The number of nitrogens with zero attached hydrogens (tertiary/aromatic N) is 1. The Morgan fingerprint density at radius 2 is 2.07 bits per heavy atom. The quantitative estimate of drug-likeness (QED) is 0.589. The molecule has 0 aliphatic heterocycles. The van der Waals surface area contributed by atoms with E-state index in [0.717, 1.165) is 22.2 Å². The Balaban J connectivity index is 1.90. The SMILES string of the molecule is CC1(C)c2cc(OCCCO)ccc2C(=O)c2c1[nH]c1c(Br)c(C#N)ccc21. The minimum absolute atomic E-state index is 0.0332. The van der Waals surface area contributed by atoms with Crippen molar-refractivity contribution < 1.29 is 14.6 Å². The summed E-state index contributed by atoms with van der Waals surface area (Å²) in [6, 6.07) is 11.3. The van der Waals surface area contributed by atoms with Crippen molar-refractivity contribution in [1.82, 2.24) is 4.98 Å². The van der Waals surface area contributed by atoms with Crippen LogP contribution in [-0.2, 0) is 5.41 Å². The van der Waals surface area contributed by atoms with Crippen LogP contribution in [0.1, 0.15) is 53.0 Å². The molecule has 0 saturated heterocycles. The lowest BCUT2D eigenvalue weighted by molar-refractivity contribution is 0.103. The first-order valence-electron chi connectivity index (χ1n) is 9.07. The molecule has 1 aliphatic rings. The Kier molecular flexibility index (Phi) is 4.53. The van der Waals surface area contributed by atoms with Crippen LogP contribution in [0, 0.1) is 11.3 Å². The summed E-state index contributed by atoms with van der Waals surface area (Å²) in [5.74, 6) is 0.648. The van der Waals surface area contributed by atoms with Crippen molar-refractivity contribution in [3.63, 3.8) is 0 Å². The number of ether oxygens (including phenoxy) is 1. The molecule has 0 radical (unpaired) electrons. The van der Waals surface area contributed by atoms with E-state index in [0.29, 0.717) is 39.9 Å². The van der Waals surface area contributed by atoms with E-state index in [2.05, 4.69) is 40.8 Å². The molecule has 0 spiro atoms. The van der Waals surface area contributed by atoms with E-state index in [1.165, 1.54) is 0 Å². The third-order valence-electron chi connectivity index (χ3n) is 5.36. The Labute approximate surface area is 171 Å². The largest absolute Gasteiger partial charge is 0.493 e. The van der Waals surface area contributed by atoms with E-state index < -0.39 is 5.41 Å². The molecular formula is C22H19BrN2O3. The van der Waals surface area contributed by atoms with E-state index in [-0.39, 0.29) is 12.4 Å². The lowest BCUT2D eigenvalue weighted by Crippen LogP contribution is -2.30. The summed E-state index contributed by atoms with van der Waals surface area (Å²) in [6.45, 7) is 4.64. The Hall–Kier alpha value is -2.62. The molecule has 0 unspecified atom stereocenters. The molecule has 6 heteroatoms. The van der Waals surface area contributed by atoms with Crippen LogP contribution < -0.4 is 4.74 Å². The Bertz CT molecular complexity index is 1150. The fourth-order valence-electron chi connectivity index (χ4n) is 3.87. The summed E-state index contributed by atoms with van der Waals surface area (Å²) in [5, 5.41) is 19.1. The van der Waals surface area contributed by atoms with Crippen LogP contribution >= 0.6 is 15.9 Å². The number of nitrogens with one attached hydrogen (secondary N) is 1. The number of aromatic amines is 1. The number of hydrogen-bond acceptors (Lipinski definition) is 4. The zero-order valence-electron chi connectivity index (χ0n) is 15.6. The van der Waals surface area contributed by atoms with Crippen LogP contribution in [0.3, 0.4) is 0 Å². The number of carbonyl (C=O) groups is 1. The number of carbonyl (C=O) groups excluding carboxylic acids is 1. The number of ketones is 1. The van der Waals surface area contributed by atoms with Crippen molar-refractivity contribution in [1.29, 1.82) is 5.26 Å². The van der Waals surface area contributed by atoms with Gasteiger partial charge in [0.1, 0.15) is 11.8 Å². The molecule has 0 amide bonds. The number of H-pyrrole nitrogens is 1. The summed E-state index contributed by atoms with van der Waals surface area (Å²) < 4.78 is 6.38. The van der Waals surface area contributed by atoms with Crippen LogP contribution in [0.2, 0.25) is 0 Å². The van der Waals surface area contributed by atoms with Gasteiger partial charge in [0.15, 0.2) is 5.78 Å². The monoisotopic (exact) mass is 438 g/mol. The number of aromatic nitrogens is 1. The van der Waals surface area contributed by atoms with Crippen LogP contribution in [0.25, 0.3) is 10.9 Å². The van der Waals surface area contributed by atoms with Gasteiger partial charge in [0, 0.05) is 35.1 Å². The van der Waals surface area contributed by atoms with Gasteiger partial charge in [0.05, 0.1) is 27.7 Å². The molecule has 142 valence electrons. The highest BCUT2D eigenvalue weighted by Crippen LogP contribution is 2.45. The number of halogens is 1. The van der Waals surface area contributed by atoms with Gasteiger partial charge < -0.3 is 14.8 Å². The number of rotatable bonds is 4. The predicted molar refractivity (Wildman–Crippen MR) is 110 cm³/mol. The summed E-state index contributed by atoms with van der Waals surface area (Å²) in [7, 11) is 0. The van der Waals surface area contributed by atoms with Crippen molar-refractivity contribution >= 4 is 32.6 Å². The van der Waals surface area contributed by atoms with Gasteiger partial charge in [-0.2, -0.15) is 5.26 Å². The standard InChI is InChI=1S/C22H19BrN2O3/c1-22(2)16-10-13(28-9-3-8-26)5-7-14(16)20(27)17-15-6-4-12(11-24)18(23)19(15)25-21(17)22/h4-7,10,25-26H,3,8-9H2,1-2H3. The van der Waals surface area contributed by atoms with Crippen molar-refractivity contribution in [3.8, 4) is 11.8 Å². The molecule has 0 saturated carbocycles. The van der Waals surface area contributed by atoms with Crippen LogP contribution in [0.5, 0.6) is 5.75 Å². The topological polar surface area (TPSA) is 86.1 Å². The molecule has 4 rings (SSSR count). The minimum atomic E-state index is -0.444. The normalized spacial score (nSPS) is 14.5. The van der Waals surface area contributed by atoms with Crippen LogP contribution in [0.4, 0.5) is 0 Å². The number of benzene rings is 2. The molecule has 0 fully saturated rings. The minimum Gasteiger partial charge on any atom is -0.493 e. The highest BCUT2D eigenvalue weighted by molar-refractivity contribution is 9.10. The average molecular weight is 439 g/mol. The number of hydrogen-bond donors (Lipinski definition) is 2. The molecule has 5 nitrogen and oxygen atoms in total. The maximum absolute atomic E-state index is 13.3. The first-order valence-corrected chi connectivity index (χ1v) is 9.87. The second-order valence-corrected chi connectivity index (χ2v) is 8.22. The van der Waals surface area contributed by atoms with Gasteiger partial charge in [0.2, 0.25) is 0 Å². The number of aliphatic hydroxyl groups excluding tert-OH is 1.